The molecule has 0 spiro atoms. The van der Waals surface area contributed by atoms with Gasteiger partial charge in [0.2, 0.25) is 0 Å². The van der Waals surface area contributed by atoms with Crippen molar-refractivity contribution in [2.24, 2.45) is 0 Å². The fourth-order valence-electron chi connectivity index (χ4n) is 6.21. The Kier molecular flexibility index (Phi) is 56.3. The first kappa shape index (κ1) is 62.5. The number of carbonyl (C=O) groups excluding carboxylic acids is 2. The lowest BCUT2D eigenvalue weighted by molar-refractivity contribution is -0.146. The van der Waals surface area contributed by atoms with Crippen LogP contribution in [0.4, 0.5) is 0 Å². The molecule has 0 rings (SSSR count). The molecular weight excluding hydrogens is 829 g/mol. The normalized spacial score (nSPS) is 11.5. The molecule has 0 aromatic heterocycles. The molecule has 64 heavy (non-hydrogen) atoms. The van der Waals surface area contributed by atoms with Crippen LogP contribution in [0, 0.1) is 0 Å². The lowest BCUT2D eigenvalue weighted by Crippen LogP contribution is -2.16. The zero-order chi connectivity index (χ0) is 46.2. The molecule has 0 radical (unpaired) electrons. The maximum Gasteiger partial charge on any atom is 0.305 e. The molecule has 0 amide bonds. The molecule has 15 nitrogen and oxygen atoms in total. The van der Waals surface area contributed by atoms with E-state index in [4.69, 9.17) is 61.6 Å². The van der Waals surface area contributed by atoms with Crippen LogP contribution in [-0.2, 0) is 71.2 Å². The lowest BCUT2D eigenvalue weighted by Gasteiger charge is -2.09. The number of carbonyl (C=O) groups is 2. The smallest absolute Gasteiger partial charge is 0.305 e. The van der Waals surface area contributed by atoms with E-state index in [1.54, 1.807) is 0 Å². The van der Waals surface area contributed by atoms with Crippen LogP contribution in [-0.4, -0.2) is 171 Å². The van der Waals surface area contributed by atoms with Crippen molar-refractivity contribution in [2.45, 2.75) is 149 Å². The molecule has 0 atom stereocenters. The minimum atomic E-state index is -0.146. The molecular formula is C49H96O15. The van der Waals surface area contributed by atoms with Gasteiger partial charge in [-0.15, -0.1) is 0 Å². The zero-order valence-corrected chi connectivity index (χ0v) is 40.9. The van der Waals surface area contributed by atoms with E-state index in [0.717, 1.165) is 25.7 Å². The quantitative estimate of drug-likeness (QED) is 0.0423. The van der Waals surface area contributed by atoms with E-state index in [1.165, 1.54) is 96.3 Å². The van der Waals surface area contributed by atoms with Gasteiger partial charge in [0.05, 0.1) is 145 Å². The topological polar surface area (TPSA) is 154 Å². The highest BCUT2D eigenvalue weighted by Crippen LogP contribution is 2.13. The molecule has 15 heteroatoms. The highest BCUT2D eigenvalue weighted by molar-refractivity contribution is 5.69. The van der Waals surface area contributed by atoms with Crippen LogP contribution in [0.2, 0.25) is 0 Å². The minimum Gasteiger partial charge on any atom is -0.463 e. The molecule has 0 saturated carbocycles. The standard InChI is InChI=1S/C49H96O15/c1-3-5-7-9-11-12-13-14-15-16-17-19-21-23-49(51)64-47-45-62-43-41-60-39-37-58-35-33-56-31-29-54-27-25-52-24-26-53-28-30-55-32-34-57-36-38-59-40-42-61-44-46-63-48(50)22-20-18-10-8-6-4-2/h3-47H2,1-2H3. The Bertz CT molecular complexity index is 900. The Labute approximate surface area is 389 Å². The average molecular weight is 925 g/mol. The average Bonchev–Trinajstić information content (AvgIpc) is 3.30. The molecule has 0 N–H and O–H groups in total. The van der Waals surface area contributed by atoms with Crippen LogP contribution in [0.3, 0.4) is 0 Å². The molecule has 0 unspecified atom stereocenters. The Hall–Kier alpha value is -1.50. The summed E-state index contributed by atoms with van der Waals surface area (Å²) in [4.78, 5) is 23.6. The molecule has 0 aliphatic rings. The molecule has 0 aliphatic carbocycles. The maximum atomic E-state index is 11.9. The van der Waals surface area contributed by atoms with E-state index in [2.05, 4.69) is 13.8 Å². The number of ether oxygens (including phenoxy) is 13. The second-order valence-electron chi connectivity index (χ2n) is 15.7. The Morgan fingerprint density at radius 2 is 0.375 bits per heavy atom. The molecule has 0 saturated heterocycles. The summed E-state index contributed by atoms with van der Waals surface area (Å²) in [7, 11) is 0. The monoisotopic (exact) mass is 925 g/mol. The van der Waals surface area contributed by atoms with E-state index in [9.17, 15) is 9.59 Å². The van der Waals surface area contributed by atoms with Gasteiger partial charge in [0.25, 0.3) is 0 Å². The third-order valence-corrected chi connectivity index (χ3v) is 9.92. The molecule has 382 valence electrons. The van der Waals surface area contributed by atoms with Crippen molar-refractivity contribution in [1.29, 1.82) is 0 Å². The Morgan fingerprint density at radius 1 is 0.219 bits per heavy atom. The van der Waals surface area contributed by atoms with E-state index < -0.39 is 0 Å². The highest BCUT2D eigenvalue weighted by atomic mass is 16.6. The first-order valence-electron chi connectivity index (χ1n) is 25.4. The Morgan fingerprint density at radius 3 is 0.562 bits per heavy atom. The van der Waals surface area contributed by atoms with Crippen LogP contribution in [0.15, 0.2) is 0 Å². The van der Waals surface area contributed by atoms with Crippen molar-refractivity contribution in [3.8, 4) is 0 Å². The van der Waals surface area contributed by atoms with E-state index in [1.807, 2.05) is 0 Å². The van der Waals surface area contributed by atoms with Gasteiger partial charge in [-0.25, -0.2) is 0 Å². The first-order valence-corrected chi connectivity index (χ1v) is 25.4. The third kappa shape index (κ3) is 56.6. The SMILES string of the molecule is CCCCCCCCCCCCCCCC(=O)OCCOCCOCCOCCOCCOCCOCCOCCOCCOCCOCCOCCOC(=O)CCCCCCCC. The number of unbranched alkanes of at least 4 members (excludes halogenated alkanes) is 17. The second kappa shape index (κ2) is 57.6. The summed E-state index contributed by atoms with van der Waals surface area (Å²) in [5.41, 5.74) is 0. The summed E-state index contributed by atoms with van der Waals surface area (Å²) in [6.07, 6.45) is 24.7. The predicted molar refractivity (Wildman–Crippen MR) is 249 cm³/mol. The van der Waals surface area contributed by atoms with Gasteiger partial charge in [0.15, 0.2) is 0 Å². The summed E-state index contributed by atoms with van der Waals surface area (Å²) < 4.78 is 70.9. The van der Waals surface area contributed by atoms with Crippen LogP contribution in [0.1, 0.15) is 149 Å². The molecule has 0 aromatic carbocycles. The second-order valence-corrected chi connectivity index (χ2v) is 15.7. The van der Waals surface area contributed by atoms with Crippen molar-refractivity contribution in [3.63, 3.8) is 0 Å². The van der Waals surface area contributed by atoms with Gasteiger partial charge in [-0.3, -0.25) is 9.59 Å². The van der Waals surface area contributed by atoms with Crippen molar-refractivity contribution >= 4 is 11.9 Å². The number of rotatable bonds is 57. The van der Waals surface area contributed by atoms with Gasteiger partial charge in [0, 0.05) is 12.8 Å². The fraction of sp³-hybridized carbons (Fsp3) is 0.959. The Balaban J connectivity index is 3.14. The first-order chi connectivity index (χ1) is 31.7. The summed E-state index contributed by atoms with van der Waals surface area (Å²) in [6, 6.07) is 0. The summed E-state index contributed by atoms with van der Waals surface area (Å²) >= 11 is 0. The molecule has 0 aliphatic heterocycles. The lowest BCUT2D eigenvalue weighted by atomic mass is 10.0. The van der Waals surface area contributed by atoms with E-state index in [0.29, 0.717) is 158 Å². The van der Waals surface area contributed by atoms with Crippen LogP contribution < -0.4 is 0 Å². The van der Waals surface area contributed by atoms with Crippen LogP contribution in [0.5, 0.6) is 0 Å². The van der Waals surface area contributed by atoms with Gasteiger partial charge >= 0.3 is 11.9 Å². The van der Waals surface area contributed by atoms with Crippen LogP contribution in [0.25, 0.3) is 0 Å². The molecule has 0 fully saturated rings. The van der Waals surface area contributed by atoms with E-state index >= 15 is 0 Å². The summed E-state index contributed by atoms with van der Waals surface area (Å²) in [5.74, 6) is -0.281. The predicted octanol–water partition coefficient (Wildman–Crippen LogP) is 8.49. The molecule has 0 aromatic rings. The van der Waals surface area contributed by atoms with Crippen molar-refractivity contribution in [2.75, 3.05) is 159 Å². The number of hydrogen-bond acceptors (Lipinski definition) is 15. The minimum absolute atomic E-state index is 0.135. The van der Waals surface area contributed by atoms with Gasteiger partial charge < -0.3 is 61.6 Å². The number of esters is 2. The summed E-state index contributed by atoms with van der Waals surface area (Å²) in [5, 5.41) is 0. The maximum absolute atomic E-state index is 11.9. The largest absolute Gasteiger partial charge is 0.463 e. The highest BCUT2D eigenvalue weighted by Gasteiger charge is 2.04. The van der Waals surface area contributed by atoms with Gasteiger partial charge in [-0.05, 0) is 12.8 Å². The molecule has 0 heterocycles. The van der Waals surface area contributed by atoms with Crippen molar-refractivity contribution in [1.82, 2.24) is 0 Å². The van der Waals surface area contributed by atoms with Gasteiger partial charge in [-0.2, -0.15) is 0 Å². The van der Waals surface area contributed by atoms with Gasteiger partial charge in [0.1, 0.15) is 13.2 Å². The summed E-state index contributed by atoms with van der Waals surface area (Å²) in [6.45, 7) is 15.4. The fourth-order valence-corrected chi connectivity index (χ4v) is 6.21. The van der Waals surface area contributed by atoms with Crippen molar-refractivity contribution in [3.05, 3.63) is 0 Å². The van der Waals surface area contributed by atoms with Crippen molar-refractivity contribution < 1.29 is 71.2 Å². The van der Waals surface area contributed by atoms with E-state index in [-0.39, 0.29) is 25.2 Å². The molecule has 0 bridgehead atoms. The zero-order valence-electron chi connectivity index (χ0n) is 40.9. The van der Waals surface area contributed by atoms with Crippen LogP contribution >= 0.6 is 0 Å². The third-order valence-electron chi connectivity index (χ3n) is 9.92. The number of hydrogen-bond donors (Lipinski definition) is 0. The van der Waals surface area contributed by atoms with Gasteiger partial charge in [-0.1, -0.05) is 123 Å².